The maximum atomic E-state index is 13.6. The number of rotatable bonds is 3. The molecule has 1 aliphatic heterocycles. The van der Waals surface area contributed by atoms with E-state index < -0.39 is 18.4 Å². The lowest BCUT2D eigenvalue weighted by Gasteiger charge is -2.33. The number of alkyl halides is 2. The van der Waals surface area contributed by atoms with Crippen LogP contribution in [0.5, 0.6) is 0 Å². The average Bonchev–Trinajstić information content (AvgIpc) is 2.89. The van der Waals surface area contributed by atoms with Gasteiger partial charge in [0.2, 0.25) is 0 Å². The van der Waals surface area contributed by atoms with Crippen molar-refractivity contribution in [1.82, 2.24) is 14.4 Å². The molecule has 22 heavy (non-hydrogen) atoms. The van der Waals surface area contributed by atoms with Crippen molar-refractivity contribution in [2.75, 3.05) is 18.0 Å². The summed E-state index contributed by atoms with van der Waals surface area (Å²) in [7, 11) is 0. The Balaban J connectivity index is 2.10. The molecule has 1 saturated heterocycles. The van der Waals surface area contributed by atoms with Crippen LogP contribution in [0.1, 0.15) is 35.9 Å². The van der Waals surface area contributed by atoms with Gasteiger partial charge < -0.3 is 10.0 Å². The number of hydrogen-bond acceptors (Lipinski definition) is 4. The summed E-state index contributed by atoms with van der Waals surface area (Å²) in [5, 5.41) is 9.17. The van der Waals surface area contributed by atoms with Crippen molar-refractivity contribution in [3.05, 3.63) is 23.8 Å². The van der Waals surface area contributed by atoms with Crippen LogP contribution >= 0.6 is 0 Å². The standard InChI is InChI=1S/C14H16F2N4O2/c1-2-9-6-10(19-5-3-4-14(15,16)7-19)18-12-11(13(21)22)17-8-20(9)12/h6,8H,2-5,7H2,1H3,(H,21,22). The lowest BCUT2D eigenvalue weighted by Crippen LogP contribution is -2.43. The van der Waals surface area contributed by atoms with Crippen molar-refractivity contribution in [2.24, 2.45) is 0 Å². The van der Waals surface area contributed by atoms with Crippen molar-refractivity contribution in [3.63, 3.8) is 0 Å². The summed E-state index contributed by atoms with van der Waals surface area (Å²) in [6, 6.07) is 1.72. The largest absolute Gasteiger partial charge is 0.476 e. The molecule has 1 fully saturated rings. The molecule has 0 atom stereocenters. The van der Waals surface area contributed by atoms with Gasteiger partial charge in [-0.15, -0.1) is 0 Å². The second-order valence-electron chi connectivity index (χ2n) is 5.43. The third-order valence-electron chi connectivity index (χ3n) is 3.85. The Morgan fingerprint density at radius 3 is 2.91 bits per heavy atom. The first-order valence-corrected chi connectivity index (χ1v) is 7.14. The lowest BCUT2D eigenvalue weighted by atomic mass is 10.1. The summed E-state index contributed by atoms with van der Waals surface area (Å²) >= 11 is 0. The minimum absolute atomic E-state index is 0.126. The van der Waals surface area contributed by atoms with E-state index in [1.54, 1.807) is 10.5 Å². The normalized spacial score (nSPS) is 17.9. The molecule has 2 aromatic rings. The number of fused-ring (bicyclic) bond motifs is 1. The van der Waals surface area contributed by atoms with Crippen LogP contribution in [0.3, 0.4) is 0 Å². The van der Waals surface area contributed by atoms with E-state index in [-0.39, 0.29) is 17.8 Å². The summed E-state index contributed by atoms with van der Waals surface area (Å²) in [5.41, 5.74) is 0.810. The number of aryl methyl sites for hydroxylation is 1. The quantitative estimate of drug-likeness (QED) is 0.941. The number of anilines is 1. The Kier molecular flexibility index (Phi) is 3.46. The Hall–Kier alpha value is -2.25. The second-order valence-corrected chi connectivity index (χ2v) is 5.43. The van der Waals surface area contributed by atoms with E-state index in [0.29, 0.717) is 25.2 Å². The molecular weight excluding hydrogens is 294 g/mol. The fraction of sp³-hybridized carbons (Fsp3) is 0.500. The Morgan fingerprint density at radius 1 is 1.50 bits per heavy atom. The molecule has 0 aliphatic carbocycles. The van der Waals surface area contributed by atoms with Gasteiger partial charge in [-0.2, -0.15) is 0 Å². The predicted molar refractivity (Wildman–Crippen MR) is 75.7 cm³/mol. The zero-order valence-electron chi connectivity index (χ0n) is 12.1. The van der Waals surface area contributed by atoms with Gasteiger partial charge in [-0.1, -0.05) is 6.92 Å². The molecule has 0 amide bonds. The van der Waals surface area contributed by atoms with E-state index in [0.717, 1.165) is 5.69 Å². The van der Waals surface area contributed by atoms with Crippen LogP contribution in [-0.2, 0) is 6.42 Å². The predicted octanol–water partition coefficient (Wildman–Crippen LogP) is 2.23. The molecule has 0 bridgehead atoms. The fourth-order valence-corrected chi connectivity index (χ4v) is 2.77. The van der Waals surface area contributed by atoms with Crippen molar-refractivity contribution in [1.29, 1.82) is 0 Å². The first-order chi connectivity index (χ1) is 10.4. The van der Waals surface area contributed by atoms with Gasteiger partial charge in [0.05, 0.1) is 6.54 Å². The van der Waals surface area contributed by atoms with Crippen LogP contribution < -0.4 is 4.90 Å². The molecule has 8 heteroatoms. The molecule has 1 aliphatic rings. The lowest BCUT2D eigenvalue weighted by molar-refractivity contribution is -0.0118. The van der Waals surface area contributed by atoms with Gasteiger partial charge in [0.25, 0.3) is 5.92 Å². The number of aromatic nitrogens is 3. The maximum absolute atomic E-state index is 13.6. The number of halogens is 2. The van der Waals surface area contributed by atoms with Gasteiger partial charge in [-0.25, -0.2) is 23.5 Å². The van der Waals surface area contributed by atoms with E-state index in [2.05, 4.69) is 9.97 Å². The molecule has 1 N–H and O–H groups in total. The zero-order chi connectivity index (χ0) is 15.9. The monoisotopic (exact) mass is 310 g/mol. The molecule has 2 aromatic heterocycles. The molecule has 3 rings (SSSR count). The first-order valence-electron chi connectivity index (χ1n) is 7.14. The summed E-state index contributed by atoms with van der Waals surface area (Å²) in [4.78, 5) is 20.9. The summed E-state index contributed by atoms with van der Waals surface area (Å²) in [6.45, 7) is 2.00. The molecule has 118 valence electrons. The number of carbonyl (C=O) groups is 1. The van der Waals surface area contributed by atoms with Gasteiger partial charge >= 0.3 is 5.97 Å². The topological polar surface area (TPSA) is 70.7 Å². The summed E-state index contributed by atoms with van der Waals surface area (Å²) in [6.07, 6.45) is 2.27. The number of piperidine rings is 1. The third-order valence-corrected chi connectivity index (χ3v) is 3.85. The van der Waals surface area contributed by atoms with Crippen LogP contribution in [0.4, 0.5) is 14.6 Å². The SMILES string of the molecule is CCc1cc(N2CCCC(F)(F)C2)nc2c(C(=O)O)ncn12. The van der Waals surface area contributed by atoms with Gasteiger partial charge in [0, 0.05) is 24.7 Å². The number of nitrogens with zero attached hydrogens (tertiary/aromatic N) is 4. The number of carboxylic acids is 1. The number of aromatic carboxylic acids is 1. The van der Waals surface area contributed by atoms with Crippen molar-refractivity contribution < 1.29 is 18.7 Å². The third kappa shape index (κ3) is 2.49. The number of imidazole rings is 1. The minimum atomic E-state index is -2.74. The van der Waals surface area contributed by atoms with Gasteiger partial charge in [-0.3, -0.25) is 4.40 Å². The Bertz CT molecular complexity index is 729. The minimum Gasteiger partial charge on any atom is -0.476 e. The van der Waals surface area contributed by atoms with Gasteiger partial charge in [0.15, 0.2) is 11.3 Å². The second kappa shape index (κ2) is 5.19. The van der Waals surface area contributed by atoms with Crippen molar-refractivity contribution >= 4 is 17.4 Å². The first kappa shape index (κ1) is 14.7. The molecule has 6 nitrogen and oxygen atoms in total. The Labute approximate surface area is 125 Å². The summed E-state index contributed by atoms with van der Waals surface area (Å²) in [5.74, 6) is -3.54. The van der Waals surface area contributed by atoms with Crippen LogP contribution in [0.25, 0.3) is 5.65 Å². The maximum Gasteiger partial charge on any atom is 0.358 e. The molecule has 3 heterocycles. The van der Waals surface area contributed by atoms with E-state index in [4.69, 9.17) is 0 Å². The highest BCUT2D eigenvalue weighted by atomic mass is 19.3. The van der Waals surface area contributed by atoms with E-state index in [1.165, 1.54) is 11.2 Å². The molecular formula is C14H16F2N4O2. The molecule has 0 aromatic carbocycles. The Morgan fingerprint density at radius 2 is 2.27 bits per heavy atom. The highest BCUT2D eigenvalue weighted by molar-refractivity contribution is 5.92. The van der Waals surface area contributed by atoms with E-state index in [9.17, 15) is 18.7 Å². The summed E-state index contributed by atoms with van der Waals surface area (Å²) < 4.78 is 28.8. The highest BCUT2D eigenvalue weighted by Gasteiger charge is 2.36. The number of carboxylic acid groups (broad SMARTS) is 1. The van der Waals surface area contributed by atoms with Crippen LogP contribution in [0.2, 0.25) is 0 Å². The van der Waals surface area contributed by atoms with Gasteiger partial charge in [0.1, 0.15) is 12.1 Å². The van der Waals surface area contributed by atoms with E-state index in [1.807, 2.05) is 6.92 Å². The van der Waals surface area contributed by atoms with Crippen molar-refractivity contribution in [3.8, 4) is 0 Å². The van der Waals surface area contributed by atoms with E-state index >= 15 is 0 Å². The highest BCUT2D eigenvalue weighted by Crippen LogP contribution is 2.30. The average molecular weight is 310 g/mol. The fourth-order valence-electron chi connectivity index (χ4n) is 2.77. The molecule has 0 saturated carbocycles. The van der Waals surface area contributed by atoms with Crippen LogP contribution in [-0.4, -0.2) is 44.5 Å². The van der Waals surface area contributed by atoms with Gasteiger partial charge in [-0.05, 0) is 12.8 Å². The van der Waals surface area contributed by atoms with Crippen molar-refractivity contribution in [2.45, 2.75) is 32.1 Å². The smallest absolute Gasteiger partial charge is 0.358 e. The van der Waals surface area contributed by atoms with Crippen LogP contribution in [0, 0.1) is 0 Å². The molecule has 0 radical (unpaired) electrons. The molecule has 0 spiro atoms. The number of hydrogen-bond donors (Lipinski definition) is 1. The zero-order valence-corrected chi connectivity index (χ0v) is 12.1. The van der Waals surface area contributed by atoms with Crippen LogP contribution in [0.15, 0.2) is 12.4 Å². The molecule has 0 unspecified atom stereocenters.